The van der Waals surface area contributed by atoms with Gasteiger partial charge in [-0.25, -0.2) is 17.5 Å². The van der Waals surface area contributed by atoms with Gasteiger partial charge in [0, 0.05) is 12.1 Å². The van der Waals surface area contributed by atoms with E-state index in [2.05, 4.69) is 16.6 Å². The summed E-state index contributed by atoms with van der Waals surface area (Å²) in [6, 6.07) is 3.62. The van der Waals surface area contributed by atoms with Gasteiger partial charge in [-0.15, -0.1) is 0 Å². The lowest BCUT2D eigenvalue weighted by Crippen LogP contribution is -2.26. The van der Waals surface area contributed by atoms with E-state index in [1.54, 1.807) is 11.8 Å². The van der Waals surface area contributed by atoms with Crippen molar-refractivity contribution in [3.8, 4) is 11.8 Å². The molecule has 0 saturated carbocycles. The summed E-state index contributed by atoms with van der Waals surface area (Å²) < 4.78 is 40.0. The summed E-state index contributed by atoms with van der Waals surface area (Å²) in [6.07, 6.45) is 2.61. The number of hydrogen-bond acceptors (Lipinski definition) is 4. The van der Waals surface area contributed by atoms with E-state index in [0.29, 0.717) is 12.0 Å². The molecule has 0 spiro atoms. The quantitative estimate of drug-likeness (QED) is 0.611. The van der Waals surface area contributed by atoms with E-state index in [-0.39, 0.29) is 13.2 Å². The predicted molar refractivity (Wildman–Crippen MR) is 78.6 cm³/mol. The molecule has 4 nitrogen and oxygen atoms in total. The standard InChI is InChI=1S/C13H16FNO3S2/c1-19-9-3-7-15-20(17,18)13-6-5-11(4-2-8-16)10-12(13)14/h5-6,10,15-16H,3,7-9H2,1H3. The second kappa shape index (κ2) is 8.27. The molecule has 0 amide bonds. The van der Waals surface area contributed by atoms with Crippen LogP contribution >= 0.6 is 11.8 Å². The van der Waals surface area contributed by atoms with Gasteiger partial charge in [-0.2, -0.15) is 11.8 Å². The Labute approximate surface area is 122 Å². The monoisotopic (exact) mass is 317 g/mol. The second-order valence-electron chi connectivity index (χ2n) is 3.85. The van der Waals surface area contributed by atoms with Crippen molar-refractivity contribution < 1.29 is 17.9 Å². The van der Waals surface area contributed by atoms with Gasteiger partial charge in [-0.1, -0.05) is 11.8 Å². The number of nitrogens with one attached hydrogen (secondary N) is 1. The van der Waals surface area contributed by atoms with Gasteiger partial charge in [0.1, 0.15) is 17.3 Å². The first-order chi connectivity index (χ1) is 9.51. The minimum atomic E-state index is -3.84. The summed E-state index contributed by atoms with van der Waals surface area (Å²) in [6.45, 7) is -0.0622. The fourth-order valence-electron chi connectivity index (χ4n) is 1.44. The number of hydrogen-bond donors (Lipinski definition) is 2. The molecule has 0 atom stereocenters. The van der Waals surface area contributed by atoms with Crippen molar-refractivity contribution in [2.24, 2.45) is 0 Å². The number of sulfonamides is 1. The van der Waals surface area contributed by atoms with E-state index in [4.69, 9.17) is 5.11 Å². The molecule has 0 aliphatic carbocycles. The van der Waals surface area contributed by atoms with Gasteiger partial charge in [-0.05, 0) is 36.6 Å². The largest absolute Gasteiger partial charge is 0.384 e. The smallest absolute Gasteiger partial charge is 0.243 e. The number of rotatable bonds is 6. The third-order valence-corrected chi connectivity index (χ3v) is 4.54. The highest BCUT2D eigenvalue weighted by molar-refractivity contribution is 7.98. The highest BCUT2D eigenvalue weighted by Crippen LogP contribution is 2.15. The van der Waals surface area contributed by atoms with Crippen molar-refractivity contribution in [1.82, 2.24) is 4.72 Å². The van der Waals surface area contributed by atoms with E-state index in [1.165, 1.54) is 12.1 Å². The summed E-state index contributed by atoms with van der Waals surface area (Å²) in [5, 5.41) is 8.55. The first-order valence-corrected chi connectivity index (χ1v) is 8.77. The first kappa shape index (κ1) is 17.0. The van der Waals surface area contributed by atoms with Crippen LogP contribution < -0.4 is 4.72 Å². The van der Waals surface area contributed by atoms with E-state index >= 15 is 0 Å². The van der Waals surface area contributed by atoms with Crippen molar-refractivity contribution >= 4 is 21.8 Å². The highest BCUT2D eigenvalue weighted by atomic mass is 32.2. The number of thioether (sulfide) groups is 1. The lowest BCUT2D eigenvalue weighted by molar-refractivity contribution is 0.350. The van der Waals surface area contributed by atoms with Gasteiger partial charge in [0.05, 0.1) is 0 Å². The van der Waals surface area contributed by atoms with Crippen LogP contribution in [-0.2, 0) is 10.0 Å². The minimum absolute atomic E-state index is 0.273. The Balaban J connectivity index is 2.85. The third kappa shape index (κ3) is 5.13. The molecule has 0 bridgehead atoms. The lowest BCUT2D eigenvalue weighted by atomic mass is 10.2. The molecule has 110 valence electrons. The zero-order valence-electron chi connectivity index (χ0n) is 11.0. The molecule has 7 heteroatoms. The molecule has 0 radical (unpaired) electrons. The summed E-state index contributed by atoms with van der Waals surface area (Å²) in [7, 11) is -3.84. The SMILES string of the molecule is CSCCCNS(=O)(=O)c1ccc(C#CCO)cc1F. The Hall–Kier alpha value is -1.07. The van der Waals surface area contributed by atoms with Gasteiger partial charge >= 0.3 is 0 Å². The molecule has 0 fully saturated rings. The summed E-state index contributed by atoms with van der Waals surface area (Å²) >= 11 is 1.62. The van der Waals surface area contributed by atoms with Crippen LogP contribution in [-0.4, -0.2) is 38.7 Å². The minimum Gasteiger partial charge on any atom is -0.384 e. The normalized spacial score (nSPS) is 10.9. The maximum Gasteiger partial charge on any atom is 0.243 e. The average Bonchev–Trinajstić information content (AvgIpc) is 2.41. The van der Waals surface area contributed by atoms with Gasteiger partial charge in [0.25, 0.3) is 0 Å². The molecule has 1 aromatic rings. The lowest BCUT2D eigenvalue weighted by Gasteiger charge is -2.07. The average molecular weight is 317 g/mol. The van der Waals surface area contributed by atoms with Crippen molar-refractivity contribution in [3.63, 3.8) is 0 Å². The van der Waals surface area contributed by atoms with E-state index < -0.39 is 20.7 Å². The van der Waals surface area contributed by atoms with Crippen LogP contribution in [0.25, 0.3) is 0 Å². The predicted octanol–water partition coefficient (Wildman–Crippen LogP) is 1.20. The zero-order chi connectivity index (χ0) is 15.0. The Morgan fingerprint density at radius 3 is 2.80 bits per heavy atom. The summed E-state index contributed by atoms with van der Waals surface area (Å²) in [5.74, 6) is 4.87. The molecule has 0 aromatic heterocycles. The van der Waals surface area contributed by atoms with E-state index in [1.807, 2.05) is 6.26 Å². The molecule has 20 heavy (non-hydrogen) atoms. The Morgan fingerprint density at radius 1 is 1.45 bits per heavy atom. The molecular weight excluding hydrogens is 301 g/mol. The van der Waals surface area contributed by atoms with Crippen molar-refractivity contribution in [2.75, 3.05) is 25.2 Å². The van der Waals surface area contributed by atoms with Gasteiger partial charge < -0.3 is 5.11 Å². The molecule has 0 aliphatic rings. The van der Waals surface area contributed by atoms with Crippen LogP contribution in [0.4, 0.5) is 4.39 Å². The molecular formula is C13H16FNO3S2. The van der Waals surface area contributed by atoms with Gasteiger partial charge in [0.15, 0.2) is 0 Å². The number of aliphatic hydroxyl groups is 1. The van der Waals surface area contributed by atoms with Crippen LogP contribution in [0.3, 0.4) is 0 Å². The van der Waals surface area contributed by atoms with Crippen molar-refractivity contribution in [2.45, 2.75) is 11.3 Å². The van der Waals surface area contributed by atoms with Crippen LogP contribution in [0.1, 0.15) is 12.0 Å². The highest BCUT2D eigenvalue weighted by Gasteiger charge is 2.18. The summed E-state index contributed by atoms with van der Waals surface area (Å²) in [4.78, 5) is -0.392. The van der Waals surface area contributed by atoms with Crippen LogP contribution in [0.15, 0.2) is 23.1 Å². The first-order valence-electron chi connectivity index (χ1n) is 5.89. The van der Waals surface area contributed by atoms with E-state index in [0.717, 1.165) is 11.8 Å². The fourth-order valence-corrected chi connectivity index (χ4v) is 3.00. The summed E-state index contributed by atoms with van der Waals surface area (Å²) in [5.41, 5.74) is 0.317. The Morgan fingerprint density at radius 2 is 2.20 bits per heavy atom. The van der Waals surface area contributed by atoms with Gasteiger partial charge in [-0.3, -0.25) is 0 Å². The van der Waals surface area contributed by atoms with Crippen LogP contribution in [0.2, 0.25) is 0 Å². The molecule has 2 N–H and O–H groups in total. The Kier molecular flexibility index (Phi) is 7.02. The van der Waals surface area contributed by atoms with Gasteiger partial charge in [0.2, 0.25) is 10.0 Å². The number of benzene rings is 1. The number of halogens is 1. The second-order valence-corrected chi connectivity index (χ2v) is 6.57. The topological polar surface area (TPSA) is 66.4 Å². The van der Waals surface area contributed by atoms with Crippen LogP contribution in [0, 0.1) is 17.7 Å². The molecule has 0 unspecified atom stereocenters. The molecule has 1 aromatic carbocycles. The fraction of sp³-hybridized carbons (Fsp3) is 0.385. The zero-order valence-corrected chi connectivity index (χ0v) is 12.7. The molecule has 0 aliphatic heterocycles. The molecule has 1 rings (SSSR count). The molecule has 0 saturated heterocycles. The Bertz CT molecular complexity index is 606. The maximum atomic E-state index is 13.8. The van der Waals surface area contributed by atoms with Crippen LogP contribution in [0.5, 0.6) is 0 Å². The van der Waals surface area contributed by atoms with Crippen molar-refractivity contribution in [1.29, 1.82) is 0 Å². The molecule has 0 heterocycles. The maximum absolute atomic E-state index is 13.8. The third-order valence-electron chi connectivity index (χ3n) is 2.35. The van der Waals surface area contributed by atoms with E-state index in [9.17, 15) is 12.8 Å². The van der Waals surface area contributed by atoms with Crippen molar-refractivity contribution in [3.05, 3.63) is 29.6 Å². The number of aliphatic hydroxyl groups excluding tert-OH is 1.